The predicted octanol–water partition coefficient (Wildman–Crippen LogP) is 1.33. The Morgan fingerprint density at radius 3 is 2.14 bits per heavy atom. The van der Waals surface area contributed by atoms with Crippen molar-refractivity contribution < 1.29 is 21.7 Å². The van der Waals surface area contributed by atoms with Crippen LogP contribution in [-0.4, -0.2) is 21.5 Å². The molecule has 0 aromatic heterocycles. The maximum atomic E-state index is 11.7. The largest absolute Gasteiger partial charge is 0.463 e. The van der Waals surface area contributed by atoms with E-state index in [0.717, 1.165) is 6.26 Å². The van der Waals surface area contributed by atoms with Gasteiger partial charge in [0.2, 0.25) is 6.86 Å². The zero-order valence-electron chi connectivity index (χ0n) is 7.44. The molecule has 0 heterocycles. The van der Waals surface area contributed by atoms with Crippen LogP contribution in [0.3, 0.4) is 0 Å². The molecule has 0 amide bonds. The highest BCUT2D eigenvalue weighted by Gasteiger charge is 2.03. The molecule has 0 bridgehead atoms. The number of rotatable bonds is 4. The van der Waals surface area contributed by atoms with E-state index in [1.807, 2.05) is 0 Å². The topological polar surface area (TPSA) is 52.6 Å². The fourth-order valence-electron chi connectivity index (χ4n) is 0.829. The van der Waals surface area contributed by atoms with Gasteiger partial charge >= 0.3 is 10.1 Å². The molecular weight excluding hydrogens is 211 g/mol. The van der Waals surface area contributed by atoms with E-state index >= 15 is 0 Å². The fourth-order valence-corrected chi connectivity index (χ4v) is 1.29. The quantitative estimate of drug-likeness (QED) is 0.718. The minimum Gasteiger partial charge on any atom is -0.463 e. The van der Waals surface area contributed by atoms with E-state index in [9.17, 15) is 12.8 Å². The number of ether oxygens (including phenoxy) is 1. The van der Waals surface area contributed by atoms with Gasteiger partial charge in [-0.25, -0.2) is 4.39 Å². The normalized spacial score (nSPS) is 11.0. The Morgan fingerprint density at radius 2 is 1.71 bits per heavy atom. The Balaban J connectivity index is 2.74. The zero-order valence-corrected chi connectivity index (χ0v) is 8.25. The maximum absolute atomic E-state index is 11.7. The van der Waals surface area contributed by atoms with Gasteiger partial charge in [-0.15, -0.1) is 0 Å². The standard InChI is InChI=1S/C8H9FO4S/c1-14(10,11)13-8-4-2-7(3-5-8)12-6-9/h2-5H,6H2,1H3. The van der Waals surface area contributed by atoms with Crippen LogP contribution < -0.4 is 8.92 Å². The third-order valence-corrected chi connectivity index (χ3v) is 1.79. The smallest absolute Gasteiger partial charge is 0.306 e. The molecule has 1 aromatic carbocycles. The second-order valence-corrected chi connectivity index (χ2v) is 4.09. The first-order valence-electron chi connectivity index (χ1n) is 3.69. The second kappa shape index (κ2) is 4.28. The summed E-state index contributed by atoms with van der Waals surface area (Å²) < 4.78 is 42.2. The molecule has 0 aliphatic rings. The van der Waals surface area contributed by atoms with Gasteiger partial charge in [0.25, 0.3) is 0 Å². The minimum atomic E-state index is -3.52. The van der Waals surface area contributed by atoms with Crippen LogP contribution in [0.15, 0.2) is 24.3 Å². The molecule has 0 N–H and O–H groups in total. The molecule has 0 fully saturated rings. The Morgan fingerprint density at radius 1 is 1.21 bits per heavy atom. The van der Waals surface area contributed by atoms with Gasteiger partial charge in [-0.1, -0.05) is 0 Å². The van der Waals surface area contributed by atoms with Crippen LogP contribution >= 0.6 is 0 Å². The Kier molecular flexibility index (Phi) is 3.29. The molecule has 0 saturated heterocycles. The molecule has 14 heavy (non-hydrogen) atoms. The Bertz CT molecular complexity index is 384. The summed E-state index contributed by atoms with van der Waals surface area (Å²) in [5, 5.41) is 0. The maximum Gasteiger partial charge on any atom is 0.306 e. The summed E-state index contributed by atoms with van der Waals surface area (Å²) in [6.45, 7) is -0.924. The van der Waals surface area contributed by atoms with E-state index in [4.69, 9.17) is 0 Å². The summed E-state index contributed by atoms with van der Waals surface area (Å²) in [5.41, 5.74) is 0. The van der Waals surface area contributed by atoms with Gasteiger partial charge in [-0.05, 0) is 24.3 Å². The van der Waals surface area contributed by atoms with Crippen molar-refractivity contribution in [2.45, 2.75) is 0 Å². The van der Waals surface area contributed by atoms with Gasteiger partial charge in [0.15, 0.2) is 0 Å². The molecule has 0 aliphatic carbocycles. The molecule has 0 aliphatic heterocycles. The van der Waals surface area contributed by atoms with Crippen LogP contribution in [-0.2, 0) is 10.1 Å². The summed E-state index contributed by atoms with van der Waals surface area (Å²) in [6, 6.07) is 5.60. The van der Waals surface area contributed by atoms with Crippen molar-refractivity contribution in [2.24, 2.45) is 0 Å². The highest BCUT2D eigenvalue weighted by Crippen LogP contribution is 2.18. The van der Waals surface area contributed by atoms with Crippen molar-refractivity contribution in [3.8, 4) is 11.5 Å². The summed E-state index contributed by atoms with van der Waals surface area (Å²) in [5.74, 6) is 0.479. The van der Waals surface area contributed by atoms with Crippen molar-refractivity contribution in [1.82, 2.24) is 0 Å². The molecule has 0 spiro atoms. The van der Waals surface area contributed by atoms with E-state index in [0.29, 0.717) is 5.75 Å². The third-order valence-electron chi connectivity index (χ3n) is 1.29. The molecule has 6 heteroatoms. The van der Waals surface area contributed by atoms with Gasteiger partial charge in [0.1, 0.15) is 11.5 Å². The van der Waals surface area contributed by atoms with Gasteiger partial charge in [-0.3, -0.25) is 0 Å². The van der Waals surface area contributed by atoms with Crippen LogP contribution in [0.1, 0.15) is 0 Å². The summed E-state index contributed by atoms with van der Waals surface area (Å²) in [7, 11) is -3.52. The van der Waals surface area contributed by atoms with Gasteiger partial charge < -0.3 is 8.92 Å². The van der Waals surface area contributed by atoms with Gasteiger partial charge in [-0.2, -0.15) is 8.42 Å². The highest BCUT2D eigenvalue weighted by molar-refractivity contribution is 7.86. The molecular formula is C8H9FO4S. The molecule has 1 rings (SSSR count). The summed E-state index contributed by atoms with van der Waals surface area (Å²) in [6.07, 6.45) is 0.943. The van der Waals surface area contributed by atoms with Crippen molar-refractivity contribution in [1.29, 1.82) is 0 Å². The summed E-state index contributed by atoms with van der Waals surface area (Å²) in [4.78, 5) is 0. The van der Waals surface area contributed by atoms with E-state index in [1.54, 1.807) is 0 Å². The molecule has 4 nitrogen and oxygen atoms in total. The van der Waals surface area contributed by atoms with E-state index in [2.05, 4.69) is 8.92 Å². The number of benzene rings is 1. The number of hydrogen-bond acceptors (Lipinski definition) is 4. The zero-order chi connectivity index (χ0) is 10.6. The predicted molar refractivity (Wildman–Crippen MR) is 48.5 cm³/mol. The van der Waals surface area contributed by atoms with Crippen molar-refractivity contribution in [3.63, 3.8) is 0 Å². The van der Waals surface area contributed by atoms with Crippen molar-refractivity contribution >= 4 is 10.1 Å². The van der Waals surface area contributed by atoms with Crippen molar-refractivity contribution in [3.05, 3.63) is 24.3 Å². The number of hydrogen-bond donors (Lipinski definition) is 0. The lowest BCUT2D eigenvalue weighted by Gasteiger charge is -2.04. The molecule has 0 atom stereocenters. The van der Waals surface area contributed by atoms with Gasteiger partial charge in [0.05, 0.1) is 6.26 Å². The van der Waals surface area contributed by atoms with Crippen LogP contribution in [0.4, 0.5) is 4.39 Å². The lowest BCUT2D eigenvalue weighted by atomic mass is 10.3. The van der Waals surface area contributed by atoms with Crippen LogP contribution in [0, 0.1) is 0 Å². The highest BCUT2D eigenvalue weighted by atomic mass is 32.2. The lowest BCUT2D eigenvalue weighted by molar-refractivity contribution is 0.191. The molecule has 78 valence electrons. The third kappa shape index (κ3) is 3.61. The van der Waals surface area contributed by atoms with E-state index in [-0.39, 0.29) is 5.75 Å². The van der Waals surface area contributed by atoms with Gasteiger partial charge in [0, 0.05) is 0 Å². The fraction of sp³-hybridized carbons (Fsp3) is 0.250. The monoisotopic (exact) mass is 220 g/mol. The molecule has 0 saturated carbocycles. The van der Waals surface area contributed by atoms with Crippen LogP contribution in [0.5, 0.6) is 11.5 Å². The minimum absolute atomic E-state index is 0.165. The van der Waals surface area contributed by atoms with Crippen molar-refractivity contribution in [2.75, 3.05) is 13.1 Å². The average molecular weight is 220 g/mol. The number of halogens is 1. The molecule has 1 aromatic rings. The van der Waals surface area contributed by atoms with E-state index in [1.165, 1.54) is 24.3 Å². The Labute approximate surface area is 81.4 Å². The summed E-state index contributed by atoms with van der Waals surface area (Å²) >= 11 is 0. The first-order chi connectivity index (χ1) is 6.51. The van der Waals surface area contributed by atoms with Crippen LogP contribution in [0.2, 0.25) is 0 Å². The Hall–Kier alpha value is -1.30. The van der Waals surface area contributed by atoms with Crippen LogP contribution in [0.25, 0.3) is 0 Å². The average Bonchev–Trinajstić information content (AvgIpc) is 2.06. The van der Waals surface area contributed by atoms with E-state index < -0.39 is 17.0 Å². The second-order valence-electron chi connectivity index (χ2n) is 2.51. The molecule has 0 unspecified atom stereocenters. The first kappa shape index (κ1) is 10.8. The number of alkyl halides is 1. The lowest BCUT2D eigenvalue weighted by Crippen LogP contribution is -2.05. The molecule has 0 radical (unpaired) electrons. The first-order valence-corrected chi connectivity index (χ1v) is 5.51. The SMILES string of the molecule is CS(=O)(=O)Oc1ccc(OCF)cc1.